The first-order chi connectivity index (χ1) is 14.5. The molecule has 30 heavy (non-hydrogen) atoms. The zero-order valence-electron chi connectivity index (χ0n) is 17.0. The van der Waals surface area contributed by atoms with E-state index in [1.54, 1.807) is 18.3 Å². The summed E-state index contributed by atoms with van der Waals surface area (Å²) in [4.78, 5) is 27.6. The monoisotopic (exact) mass is 404 g/mol. The summed E-state index contributed by atoms with van der Waals surface area (Å²) in [5, 5.41) is 7.90. The van der Waals surface area contributed by atoms with Crippen molar-refractivity contribution in [3.8, 4) is 0 Å². The van der Waals surface area contributed by atoms with E-state index in [0.29, 0.717) is 30.5 Å². The smallest absolute Gasteiger partial charge is 0.270 e. The number of nitrogens with one attached hydrogen (secondary N) is 2. The van der Waals surface area contributed by atoms with Gasteiger partial charge in [0.05, 0.1) is 5.69 Å². The van der Waals surface area contributed by atoms with Gasteiger partial charge in [-0.15, -0.1) is 0 Å². The number of hydrogen-bond donors (Lipinski definition) is 2. The van der Waals surface area contributed by atoms with Crippen molar-refractivity contribution in [2.24, 2.45) is 5.11 Å². The summed E-state index contributed by atoms with van der Waals surface area (Å²) < 4.78 is 0. The highest BCUT2D eigenvalue weighted by atomic mass is 16.2. The molecule has 9 nitrogen and oxygen atoms in total. The maximum absolute atomic E-state index is 13.0. The van der Waals surface area contributed by atoms with Crippen molar-refractivity contribution in [3.63, 3.8) is 0 Å². The summed E-state index contributed by atoms with van der Waals surface area (Å²) in [7, 11) is 0. The first-order valence-corrected chi connectivity index (χ1v) is 9.99. The Morgan fingerprint density at radius 2 is 2.03 bits per heavy atom. The molecule has 0 spiro atoms. The van der Waals surface area contributed by atoms with E-state index < -0.39 is 0 Å². The molecule has 0 unspecified atom stereocenters. The molecule has 2 aromatic heterocycles. The molecular formula is C21H24N8O. The number of azide groups is 1. The summed E-state index contributed by atoms with van der Waals surface area (Å²) in [5.74, 6) is 0.896. The SMILES string of the molecule is CC(C)Nc1cccnc1N1CCN(C(=O)c2cc3cc(N=[N+]=[N-])ccc3[nH]2)CC1. The third-order valence-electron chi connectivity index (χ3n) is 5.09. The molecule has 1 saturated heterocycles. The summed E-state index contributed by atoms with van der Waals surface area (Å²) in [6, 6.07) is 11.4. The van der Waals surface area contributed by atoms with Gasteiger partial charge in [-0.25, -0.2) is 4.98 Å². The van der Waals surface area contributed by atoms with Gasteiger partial charge in [0.25, 0.3) is 5.91 Å². The highest BCUT2D eigenvalue weighted by molar-refractivity contribution is 5.98. The maximum Gasteiger partial charge on any atom is 0.270 e. The molecule has 1 aliphatic heterocycles. The third kappa shape index (κ3) is 4.01. The molecule has 0 bridgehead atoms. The Labute approximate surface area is 174 Å². The number of piperazine rings is 1. The molecule has 0 aliphatic carbocycles. The van der Waals surface area contributed by atoms with Crippen LogP contribution in [0.3, 0.4) is 0 Å². The molecule has 3 aromatic rings. The van der Waals surface area contributed by atoms with Gasteiger partial charge < -0.3 is 20.1 Å². The summed E-state index contributed by atoms with van der Waals surface area (Å²) in [5.41, 5.74) is 11.5. The lowest BCUT2D eigenvalue weighted by atomic mass is 10.2. The molecule has 154 valence electrons. The molecule has 9 heteroatoms. The van der Waals surface area contributed by atoms with Crippen molar-refractivity contribution in [2.45, 2.75) is 19.9 Å². The van der Waals surface area contributed by atoms with Crippen LogP contribution in [0, 0.1) is 0 Å². The number of anilines is 2. The van der Waals surface area contributed by atoms with E-state index in [1.165, 1.54) is 0 Å². The summed E-state index contributed by atoms with van der Waals surface area (Å²) in [6.45, 7) is 6.88. The van der Waals surface area contributed by atoms with Gasteiger partial charge in [-0.3, -0.25) is 4.79 Å². The van der Waals surface area contributed by atoms with E-state index in [4.69, 9.17) is 5.53 Å². The van der Waals surface area contributed by atoms with Gasteiger partial charge in [-0.1, -0.05) is 11.2 Å². The number of nitrogens with zero attached hydrogens (tertiary/aromatic N) is 6. The minimum atomic E-state index is -0.0299. The quantitative estimate of drug-likeness (QED) is 0.375. The molecule has 3 heterocycles. The molecule has 0 radical (unpaired) electrons. The Bertz CT molecular complexity index is 1110. The van der Waals surface area contributed by atoms with Gasteiger partial charge in [0.15, 0.2) is 5.82 Å². The fraction of sp³-hybridized carbons (Fsp3) is 0.333. The molecule has 0 saturated carbocycles. The Morgan fingerprint density at radius 1 is 1.23 bits per heavy atom. The molecule has 4 rings (SSSR count). The number of hydrogen-bond acceptors (Lipinski definition) is 5. The van der Waals surface area contributed by atoms with Crippen LogP contribution in [0.15, 0.2) is 47.7 Å². The molecule has 1 amide bonds. The van der Waals surface area contributed by atoms with Gasteiger partial charge in [0, 0.05) is 59.9 Å². The first-order valence-electron chi connectivity index (χ1n) is 9.99. The number of aromatic nitrogens is 2. The van der Waals surface area contributed by atoms with Crippen LogP contribution in [0.2, 0.25) is 0 Å². The Balaban J connectivity index is 1.46. The van der Waals surface area contributed by atoms with Crippen molar-refractivity contribution in [3.05, 3.63) is 58.7 Å². The molecule has 1 fully saturated rings. The number of carbonyl (C=O) groups is 1. The summed E-state index contributed by atoms with van der Waals surface area (Å²) in [6.07, 6.45) is 1.80. The van der Waals surface area contributed by atoms with Crippen LogP contribution in [0.5, 0.6) is 0 Å². The number of carbonyl (C=O) groups excluding carboxylic acids is 1. The van der Waals surface area contributed by atoms with E-state index in [-0.39, 0.29) is 5.91 Å². The fourth-order valence-corrected chi connectivity index (χ4v) is 3.71. The van der Waals surface area contributed by atoms with Crippen LogP contribution in [-0.4, -0.2) is 53.0 Å². The number of pyridine rings is 1. The molecular weight excluding hydrogens is 380 g/mol. The second kappa shape index (κ2) is 8.34. The summed E-state index contributed by atoms with van der Waals surface area (Å²) >= 11 is 0. The van der Waals surface area contributed by atoms with Crippen LogP contribution in [-0.2, 0) is 0 Å². The Morgan fingerprint density at radius 3 is 2.77 bits per heavy atom. The number of aromatic amines is 1. The lowest BCUT2D eigenvalue weighted by molar-refractivity contribution is 0.0741. The predicted molar refractivity (Wildman–Crippen MR) is 118 cm³/mol. The highest BCUT2D eigenvalue weighted by Gasteiger charge is 2.25. The highest BCUT2D eigenvalue weighted by Crippen LogP contribution is 2.26. The predicted octanol–water partition coefficient (Wildman–Crippen LogP) is 4.29. The number of rotatable bonds is 5. The van der Waals surface area contributed by atoms with E-state index in [1.807, 2.05) is 29.2 Å². The van der Waals surface area contributed by atoms with Gasteiger partial charge in [0.1, 0.15) is 5.69 Å². The van der Waals surface area contributed by atoms with Crippen LogP contribution >= 0.6 is 0 Å². The minimum Gasteiger partial charge on any atom is -0.380 e. The van der Waals surface area contributed by atoms with Crippen LogP contribution in [0.4, 0.5) is 17.2 Å². The number of H-pyrrole nitrogens is 1. The van der Waals surface area contributed by atoms with Gasteiger partial charge >= 0.3 is 0 Å². The van der Waals surface area contributed by atoms with Crippen molar-refractivity contribution in [1.82, 2.24) is 14.9 Å². The lowest BCUT2D eigenvalue weighted by Crippen LogP contribution is -2.49. The topological polar surface area (TPSA) is 113 Å². The first kappa shape index (κ1) is 19.6. The normalized spacial score (nSPS) is 14.1. The second-order valence-electron chi connectivity index (χ2n) is 7.60. The van der Waals surface area contributed by atoms with Crippen molar-refractivity contribution < 1.29 is 4.79 Å². The van der Waals surface area contributed by atoms with Gasteiger partial charge in [-0.05, 0) is 49.7 Å². The number of fused-ring (bicyclic) bond motifs is 1. The van der Waals surface area contributed by atoms with E-state index >= 15 is 0 Å². The standard InChI is InChI=1S/C21H24N8O/c1-14(2)24-18-4-3-7-23-20(18)28-8-10-29(11-9-28)21(30)19-13-15-12-16(26-27-22)5-6-17(15)25-19/h3-7,12-14,24-25H,8-11H2,1-2H3. The maximum atomic E-state index is 13.0. The largest absolute Gasteiger partial charge is 0.380 e. The molecule has 2 N–H and O–H groups in total. The van der Waals surface area contributed by atoms with Gasteiger partial charge in [-0.2, -0.15) is 0 Å². The molecule has 0 atom stereocenters. The van der Waals surface area contributed by atoms with Crippen molar-refractivity contribution in [1.29, 1.82) is 0 Å². The lowest BCUT2D eigenvalue weighted by Gasteiger charge is -2.36. The zero-order chi connectivity index (χ0) is 21.1. The number of amides is 1. The Kier molecular flexibility index (Phi) is 5.45. The average molecular weight is 404 g/mol. The van der Waals surface area contributed by atoms with E-state index in [2.05, 4.69) is 44.1 Å². The van der Waals surface area contributed by atoms with Crippen LogP contribution in [0.25, 0.3) is 21.3 Å². The minimum absolute atomic E-state index is 0.0299. The molecule has 1 aromatic carbocycles. The average Bonchev–Trinajstić information content (AvgIpc) is 3.17. The van der Waals surface area contributed by atoms with Crippen LogP contribution < -0.4 is 10.2 Å². The zero-order valence-corrected chi connectivity index (χ0v) is 17.0. The second-order valence-corrected chi connectivity index (χ2v) is 7.60. The van der Waals surface area contributed by atoms with Crippen molar-refractivity contribution >= 4 is 34.0 Å². The van der Waals surface area contributed by atoms with Crippen LogP contribution in [0.1, 0.15) is 24.3 Å². The third-order valence-corrected chi connectivity index (χ3v) is 5.09. The fourth-order valence-electron chi connectivity index (χ4n) is 3.71. The van der Waals surface area contributed by atoms with Gasteiger partial charge in [0.2, 0.25) is 0 Å². The Hall–Kier alpha value is -3.71. The molecule has 1 aliphatic rings. The number of benzene rings is 1. The van der Waals surface area contributed by atoms with Crippen molar-refractivity contribution in [2.75, 3.05) is 36.4 Å². The van der Waals surface area contributed by atoms with E-state index in [0.717, 1.165) is 35.5 Å². The van der Waals surface area contributed by atoms with E-state index in [9.17, 15) is 4.79 Å².